The number of amides is 3. The van der Waals surface area contributed by atoms with Crippen LogP contribution in [0.5, 0.6) is 0 Å². The van der Waals surface area contributed by atoms with Gasteiger partial charge in [-0.1, -0.05) is 15.9 Å². The average molecular weight is 383 g/mol. The van der Waals surface area contributed by atoms with Crippen LogP contribution in [-0.2, 0) is 4.79 Å². The minimum Gasteiger partial charge on any atom is -0.343 e. The highest BCUT2D eigenvalue weighted by atomic mass is 79.9. The molecule has 2 rings (SSSR count). The highest BCUT2D eigenvalue weighted by Crippen LogP contribution is 2.14. The lowest BCUT2D eigenvalue weighted by Crippen LogP contribution is -2.44. The van der Waals surface area contributed by atoms with Crippen LogP contribution in [0, 0.1) is 0 Å². The molecule has 0 unspecified atom stereocenters. The number of halogens is 1. The van der Waals surface area contributed by atoms with Gasteiger partial charge in [-0.25, -0.2) is 4.79 Å². The molecule has 126 valence electrons. The number of piperidine rings is 1. The summed E-state index contributed by atoms with van der Waals surface area (Å²) in [7, 11) is 1.95. The molecule has 0 aromatic heterocycles. The summed E-state index contributed by atoms with van der Waals surface area (Å²) < 4.78 is 0.955. The molecule has 3 N–H and O–H groups in total. The molecule has 6 nitrogen and oxygen atoms in total. The maximum atomic E-state index is 12.1. The molecule has 1 aromatic carbocycles. The Morgan fingerprint density at radius 3 is 2.48 bits per heavy atom. The Hall–Kier alpha value is -1.60. The Balaban J connectivity index is 1.65. The van der Waals surface area contributed by atoms with Gasteiger partial charge in [0.1, 0.15) is 0 Å². The Bertz CT molecular complexity index is 527. The quantitative estimate of drug-likeness (QED) is 0.730. The van der Waals surface area contributed by atoms with E-state index in [-0.39, 0.29) is 11.9 Å². The molecule has 1 heterocycles. The van der Waals surface area contributed by atoms with Crippen molar-refractivity contribution in [1.82, 2.24) is 15.5 Å². The Morgan fingerprint density at radius 2 is 1.87 bits per heavy atom. The molecule has 1 fully saturated rings. The van der Waals surface area contributed by atoms with Crippen molar-refractivity contribution in [2.75, 3.05) is 32.0 Å². The van der Waals surface area contributed by atoms with Gasteiger partial charge in [-0.2, -0.15) is 0 Å². The monoisotopic (exact) mass is 382 g/mol. The fourth-order valence-corrected chi connectivity index (χ4v) is 2.83. The minimum atomic E-state index is -0.297. The number of rotatable bonds is 5. The first kappa shape index (κ1) is 17.7. The zero-order chi connectivity index (χ0) is 16.7. The van der Waals surface area contributed by atoms with Gasteiger partial charge in [-0.3, -0.25) is 4.79 Å². The van der Waals surface area contributed by atoms with Crippen molar-refractivity contribution < 1.29 is 9.59 Å². The zero-order valence-electron chi connectivity index (χ0n) is 13.3. The molecule has 0 saturated carbocycles. The lowest BCUT2D eigenvalue weighted by Gasteiger charge is -2.31. The van der Waals surface area contributed by atoms with Gasteiger partial charge in [-0.15, -0.1) is 0 Å². The first-order valence-corrected chi connectivity index (χ1v) is 8.63. The summed E-state index contributed by atoms with van der Waals surface area (Å²) >= 11 is 3.34. The molecule has 0 aliphatic carbocycles. The lowest BCUT2D eigenvalue weighted by molar-refractivity contribution is -0.132. The Morgan fingerprint density at radius 1 is 1.22 bits per heavy atom. The van der Waals surface area contributed by atoms with Gasteiger partial charge < -0.3 is 20.9 Å². The topological polar surface area (TPSA) is 73.5 Å². The highest BCUT2D eigenvalue weighted by Gasteiger charge is 2.21. The molecular formula is C16H23BrN4O2. The van der Waals surface area contributed by atoms with E-state index < -0.39 is 0 Å². The number of carbonyl (C=O) groups is 2. The summed E-state index contributed by atoms with van der Waals surface area (Å²) in [6, 6.07) is 7.53. The van der Waals surface area contributed by atoms with E-state index in [1.807, 2.05) is 24.1 Å². The first-order chi connectivity index (χ1) is 11.1. The molecule has 23 heavy (non-hydrogen) atoms. The van der Waals surface area contributed by atoms with Crippen molar-refractivity contribution in [2.24, 2.45) is 0 Å². The predicted molar refractivity (Wildman–Crippen MR) is 94.4 cm³/mol. The fraction of sp³-hybridized carbons (Fsp3) is 0.500. The van der Waals surface area contributed by atoms with E-state index in [2.05, 4.69) is 31.9 Å². The van der Waals surface area contributed by atoms with Crippen molar-refractivity contribution in [3.8, 4) is 0 Å². The number of benzene rings is 1. The standard InChI is InChI=1S/C16H23BrN4O2/c1-18-13-7-10-21(11-8-13)15(22)6-9-19-16(23)20-14-4-2-12(17)3-5-14/h2-5,13,18H,6-11H2,1H3,(H2,19,20,23). The first-order valence-electron chi connectivity index (χ1n) is 7.84. The van der Waals surface area contributed by atoms with Crippen LogP contribution in [0.1, 0.15) is 19.3 Å². The largest absolute Gasteiger partial charge is 0.343 e. The van der Waals surface area contributed by atoms with Crippen LogP contribution in [0.4, 0.5) is 10.5 Å². The SMILES string of the molecule is CNC1CCN(C(=O)CCNC(=O)Nc2ccc(Br)cc2)CC1. The molecule has 1 saturated heterocycles. The van der Waals surface area contributed by atoms with Gasteiger partial charge in [0.25, 0.3) is 0 Å². The molecule has 0 atom stereocenters. The van der Waals surface area contributed by atoms with E-state index >= 15 is 0 Å². The van der Waals surface area contributed by atoms with Crippen molar-refractivity contribution in [3.05, 3.63) is 28.7 Å². The van der Waals surface area contributed by atoms with Crippen LogP contribution in [0.3, 0.4) is 0 Å². The summed E-state index contributed by atoms with van der Waals surface area (Å²) in [5.74, 6) is 0.100. The van der Waals surface area contributed by atoms with Crippen molar-refractivity contribution in [1.29, 1.82) is 0 Å². The molecule has 3 amide bonds. The van der Waals surface area contributed by atoms with E-state index in [1.54, 1.807) is 12.1 Å². The third-order valence-electron chi connectivity index (χ3n) is 3.98. The van der Waals surface area contributed by atoms with Crippen LogP contribution in [0.2, 0.25) is 0 Å². The normalized spacial score (nSPS) is 15.3. The number of nitrogens with one attached hydrogen (secondary N) is 3. The number of hydrogen-bond donors (Lipinski definition) is 3. The number of urea groups is 1. The summed E-state index contributed by atoms with van der Waals surface area (Å²) in [4.78, 5) is 25.7. The van der Waals surface area contributed by atoms with Crippen molar-refractivity contribution >= 4 is 33.6 Å². The second kappa shape index (κ2) is 8.88. The van der Waals surface area contributed by atoms with E-state index in [1.165, 1.54) is 0 Å². The Kier molecular flexibility index (Phi) is 6.85. The van der Waals surface area contributed by atoms with E-state index in [9.17, 15) is 9.59 Å². The van der Waals surface area contributed by atoms with Crippen LogP contribution >= 0.6 is 15.9 Å². The van der Waals surface area contributed by atoms with Gasteiger partial charge in [0.2, 0.25) is 5.91 Å². The number of nitrogens with zero attached hydrogens (tertiary/aromatic N) is 1. The number of anilines is 1. The van der Waals surface area contributed by atoms with E-state index in [0.717, 1.165) is 30.4 Å². The van der Waals surface area contributed by atoms with Crippen LogP contribution in [0.15, 0.2) is 28.7 Å². The molecule has 0 radical (unpaired) electrons. The van der Waals surface area contributed by atoms with Gasteiger partial charge in [-0.05, 0) is 44.2 Å². The number of carbonyl (C=O) groups excluding carboxylic acids is 2. The number of hydrogen-bond acceptors (Lipinski definition) is 3. The van der Waals surface area contributed by atoms with Crippen molar-refractivity contribution in [3.63, 3.8) is 0 Å². The molecule has 1 aliphatic heterocycles. The van der Waals surface area contributed by atoms with Gasteiger partial charge >= 0.3 is 6.03 Å². The molecule has 0 bridgehead atoms. The summed E-state index contributed by atoms with van der Waals surface area (Å²) in [5.41, 5.74) is 0.714. The van der Waals surface area contributed by atoms with Gasteiger partial charge in [0, 0.05) is 42.3 Å². The zero-order valence-corrected chi connectivity index (χ0v) is 14.9. The third kappa shape index (κ3) is 5.84. The molecule has 7 heteroatoms. The van der Waals surface area contributed by atoms with Gasteiger partial charge in [0.15, 0.2) is 0 Å². The highest BCUT2D eigenvalue weighted by molar-refractivity contribution is 9.10. The van der Waals surface area contributed by atoms with Crippen molar-refractivity contribution in [2.45, 2.75) is 25.3 Å². The summed E-state index contributed by atoms with van der Waals surface area (Å²) in [6.07, 6.45) is 2.30. The van der Waals surface area contributed by atoms with Gasteiger partial charge in [0.05, 0.1) is 0 Å². The summed E-state index contributed by atoms with van der Waals surface area (Å²) in [6.45, 7) is 1.91. The maximum absolute atomic E-state index is 12.1. The minimum absolute atomic E-state index is 0.100. The second-order valence-corrected chi connectivity index (χ2v) is 6.50. The Labute approximate surface area is 145 Å². The predicted octanol–water partition coefficient (Wildman–Crippen LogP) is 2.17. The van der Waals surface area contributed by atoms with Crippen LogP contribution in [0.25, 0.3) is 0 Å². The number of likely N-dealkylation sites (tertiary alicyclic amines) is 1. The van der Waals surface area contributed by atoms with Crippen LogP contribution in [-0.4, -0.2) is 49.6 Å². The fourth-order valence-electron chi connectivity index (χ4n) is 2.57. The van der Waals surface area contributed by atoms with E-state index in [0.29, 0.717) is 24.7 Å². The maximum Gasteiger partial charge on any atom is 0.319 e. The molecule has 1 aromatic rings. The molecular weight excluding hydrogens is 360 g/mol. The smallest absolute Gasteiger partial charge is 0.319 e. The molecule has 1 aliphatic rings. The molecule has 0 spiro atoms. The van der Waals surface area contributed by atoms with Crippen LogP contribution < -0.4 is 16.0 Å². The average Bonchev–Trinajstić information content (AvgIpc) is 2.57. The third-order valence-corrected chi connectivity index (χ3v) is 4.51. The second-order valence-electron chi connectivity index (χ2n) is 5.58. The van der Waals surface area contributed by atoms with E-state index in [4.69, 9.17) is 0 Å². The summed E-state index contributed by atoms with van der Waals surface area (Å²) in [5, 5.41) is 8.69. The lowest BCUT2D eigenvalue weighted by atomic mass is 10.1.